The number of hydrogen-bond acceptors (Lipinski definition) is 3. The second-order valence-corrected chi connectivity index (χ2v) is 5.90. The molecule has 0 aromatic rings. The molecule has 3 nitrogen and oxygen atoms in total. The summed E-state index contributed by atoms with van der Waals surface area (Å²) in [6.45, 7) is 4.44. The Morgan fingerprint density at radius 3 is 2.76 bits per heavy atom. The van der Waals surface area contributed by atoms with Crippen LogP contribution in [0.5, 0.6) is 0 Å². The number of nitrogens with two attached hydrogens (primary N) is 1. The predicted molar refractivity (Wildman–Crippen MR) is 71.0 cm³/mol. The second kappa shape index (κ2) is 6.17. The lowest BCUT2D eigenvalue weighted by Gasteiger charge is -2.45. The monoisotopic (exact) mass is 240 g/mol. The van der Waals surface area contributed by atoms with Crippen LogP contribution in [0.1, 0.15) is 45.4 Å². The summed E-state index contributed by atoms with van der Waals surface area (Å²) in [4.78, 5) is 2.71. The zero-order chi connectivity index (χ0) is 12.3. The molecule has 0 aromatic heterocycles. The normalized spacial score (nSPS) is 40.4. The summed E-state index contributed by atoms with van der Waals surface area (Å²) < 4.78 is 5.55. The van der Waals surface area contributed by atoms with Gasteiger partial charge in [0.15, 0.2) is 0 Å². The zero-order valence-corrected chi connectivity index (χ0v) is 11.4. The first-order chi connectivity index (χ1) is 8.24. The van der Waals surface area contributed by atoms with Crippen LogP contribution in [-0.4, -0.2) is 43.3 Å². The van der Waals surface area contributed by atoms with E-state index in [0.717, 1.165) is 18.6 Å². The summed E-state index contributed by atoms with van der Waals surface area (Å²) in [7, 11) is 1.86. The molecule has 1 heterocycles. The SMILES string of the molecule is COC1CCCC(N2CC(CN)CCC2C)C1. The molecule has 17 heavy (non-hydrogen) atoms. The van der Waals surface area contributed by atoms with Gasteiger partial charge in [0.1, 0.15) is 0 Å². The molecule has 0 amide bonds. The van der Waals surface area contributed by atoms with Gasteiger partial charge in [-0.3, -0.25) is 4.90 Å². The third kappa shape index (κ3) is 3.21. The van der Waals surface area contributed by atoms with Gasteiger partial charge in [-0.2, -0.15) is 0 Å². The standard InChI is InChI=1S/C14H28N2O/c1-11-6-7-12(9-15)10-16(11)13-4-3-5-14(8-13)17-2/h11-14H,3-10,15H2,1-2H3. The minimum Gasteiger partial charge on any atom is -0.381 e. The maximum Gasteiger partial charge on any atom is 0.0586 e. The van der Waals surface area contributed by atoms with Crippen LogP contribution in [0.4, 0.5) is 0 Å². The van der Waals surface area contributed by atoms with E-state index in [9.17, 15) is 0 Å². The number of nitrogens with zero attached hydrogens (tertiary/aromatic N) is 1. The van der Waals surface area contributed by atoms with Crippen molar-refractivity contribution in [2.45, 2.75) is 63.6 Å². The average Bonchev–Trinajstić information content (AvgIpc) is 2.39. The number of ether oxygens (including phenoxy) is 1. The van der Waals surface area contributed by atoms with E-state index in [1.165, 1.54) is 45.1 Å². The summed E-state index contributed by atoms with van der Waals surface area (Å²) in [6.07, 6.45) is 8.25. The van der Waals surface area contributed by atoms with Crippen LogP contribution >= 0.6 is 0 Å². The van der Waals surface area contributed by atoms with E-state index >= 15 is 0 Å². The fourth-order valence-corrected chi connectivity index (χ4v) is 3.55. The van der Waals surface area contributed by atoms with Gasteiger partial charge in [0.2, 0.25) is 0 Å². The Morgan fingerprint density at radius 2 is 2.06 bits per heavy atom. The smallest absolute Gasteiger partial charge is 0.0586 e. The molecule has 2 fully saturated rings. The van der Waals surface area contributed by atoms with Crippen LogP contribution in [0, 0.1) is 5.92 Å². The van der Waals surface area contributed by atoms with Gasteiger partial charge in [-0.25, -0.2) is 0 Å². The molecule has 0 bridgehead atoms. The average molecular weight is 240 g/mol. The van der Waals surface area contributed by atoms with Gasteiger partial charge in [0, 0.05) is 25.7 Å². The van der Waals surface area contributed by atoms with E-state index in [1.54, 1.807) is 0 Å². The summed E-state index contributed by atoms with van der Waals surface area (Å²) >= 11 is 0. The second-order valence-electron chi connectivity index (χ2n) is 5.90. The van der Waals surface area contributed by atoms with Gasteiger partial charge in [-0.1, -0.05) is 0 Å². The first-order valence-corrected chi connectivity index (χ1v) is 7.23. The third-order valence-corrected chi connectivity index (χ3v) is 4.76. The molecule has 0 spiro atoms. The Kier molecular flexibility index (Phi) is 4.83. The molecular weight excluding hydrogens is 212 g/mol. The minimum absolute atomic E-state index is 0.485. The van der Waals surface area contributed by atoms with Crippen molar-refractivity contribution < 1.29 is 4.74 Å². The van der Waals surface area contributed by atoms with Crippen molar-refractivity contribution in [3.05, 3.63) is 0 Å². The van der Waals surface area contributed by atoms with Crippen molar-refractivity contribution in [3.63, 3.8) is 0 Å². The minimum atomic E-state index is 0.485. The molecule has 3 heteroatoms. The van der Waals surface area contributed by atoms with Crippen molar-refractivity contribution in [1.29, 1.82) is 0 Å². The van der Waals surface area contributed by atoms with Gasteiger partial charge >= 0.3 is 0 Å². The Bertz CT molecular complexity index is 234. The lowest BCUT2D eigenvalue weighted by Crippen LogP contribution is -2.51. The fraction of sp³-hybridized carbons (Fsp3) is 1.00. The molecule has 100 valence electrons. The van der Waals surface area contributed by atoms with Crippen LogP contribution in [0.25, 0.3) is 0 Å². The van der Waals surface area contributed by atoms with Crippen molar-refractivity contribution >= 4 is 0 Å². The summed E-state index contributed by atoms with van der Waals surface area (Å²) in [5, 5.41) is 0. The third-order valence-electron chi connectivity index (χ3n) is 4.76. The molecule has 0 aromatic carbocycles. The molecule has 2 N–H and O–H groups in total. The van der Waals surface area contributed by atoms with Gasteiger partial charge in [0.25, 0.3) is 0 Å². The molecule has 2 rings (SSSR count). The Labute approximate surface area is 106 Å². The highest BCUT2D eigenvalue weighted by Crippen LogP contribution is 2.31. The maximum atomic E-state index is 5.84. The maximum absolute atomic E-state index is 5.84. The summed E-state index contributed by atoms with van der Waals surface area (Å²) in [5.41, 5.74) is 5.84. The van der Waals surface area contributed by atoms with Gasteiger partial charge in [-0.05, 0) is 57.9 Å². The molecule has 2 aliphatic rings. The Balaban J connectivity index is 1.94. The van der Waals surface area contributed by atoms with E-state index in [1.807, 2.05) is 7.11 Å². The first kappa shape index (κ1) is 13.3. The highest BCUT2D eigenvalue weighted by Gasteiger charge is 2.33. The molecule has 4 atom stereocenters. The molecule has 4 unspecified atom stereocenters. The molecule has 0 radical (unpaired) electrons. The Hall–Kier alpha value is -0.120. The lowest BCUT2D eigenvalue weighted by molar-refractivity contribution is -0.00246. The number of methoxy groups -OCH3 is 1. The number of piperidine rings is 1. The van der Waals surface area contributed by atoms with Crippen LogP contribution in [0.15, 0.2) is 0 Å². The first-order valence-electron chi connectivity index (χ1n) is 7.23. The summed E-state index contributed by atoms with van der Waals surface area (Å²) in [5.74, 6) is 0.717. The van der Waals surface area contributed by atoms with E-state index in [2.05, 4.69) is 11.8 Å². The largest absolute Gasteiger partial charge is 0.381 e. The van der Waals surface area contributed by atoms with Crippen LogP contribution in [-0.2, 0) is 4.74 Å². The highest BCUT2D eigenvalue weighted by atomic mass is 16.5. The van der Waals surface area contributed by atoms with Crippen molar-refractivity contribution in [2.24, 2.45) is 11.7 Å². The fourth-order valence-electron chi connectivity index (χ4n) is 3.55. The molecule has 1 saturated carbocycles. The van der Waals surface area contributed by atoms with Crippen LogP contribution < -0.4 is 5.73 Å². The number of rotatable bonds is 3. The van der Waals surface area contributed by atoms with E-state index in [-0.39, 0.29) is 0 Å². The summed E-state index contributed by atoms with van der Waals surface area (Å²) in [6, 6.07) is 1.47. The molecule has 1 saturated heterocycles. The van der Waals surface area contributed by atoms with Gasteiger partial charge < -0.3 is 10.5 Å². The van der Waals surface area contributed by atoms with E-state index in [0.29, 0.717) is 12.0 Å². The van der Waals surface area contributed by atoms with Crippen molar-refractivity contribution in [2.75, 3.05) is 20.2 Å². The molecule has 1 aliphatic heterocycles. The van der Waals surface area contributed by atoms with Crippen molar-refractivity contribution in [3.8, 4) is 0 Å². The molecule has 1 aliphatic carbocycles. The lowest BCUT2D eigenvalue weighted by atomic mass is 9.86. The topological polar surface area (TPSA) is 38.5 Å². The quantitative estimate of drug-likeness (QED) is 0.820. The van der Waals surface area contributed by atoms with Gasteiger partial charge in [0.05, 0.1) is 6.10 Å². The van der Waals surface area contributed by atoms with E-state index < -0.39 is 0 Å². The zero-order valence-electron chi connectivity index (χ0n) is 11.4. The highest BCUT2D eigenvalue weighted by molar-refractivity contribution is 4.88. The Morgan fingerprint density at radius 1 is 1.24 bits per heavy atom. The van der Waals surface area contributed by atoms with Gasteiger partial charge in [-0.15, -0.1) is 0 Å². The van der Waals surface area contributed by atoms with Crippen molar-refractivity contribution in [1.82, 2.24) is 4.90 Å². The van der Waals surface area contributed by atoms with Crippen LogP contribution in [0.2, 0.25) is 0 Å². The number of likely N-dealkylation sites (tertiary alicyclic amines) is 1. The van der Waals surface area contributed by atoms with Crippen LogP contribution in [0.3, 0.4) is 0 Å². The molecular formula is C14H28N2O. The van der Waals surface area contributed by atoms with E-state index in [4.69, 9.17) is 10.5 Å². The predicted octanol–water partition coefficient (Wildman–Crippen LogP) is 2.00. The number of hydrogen-bond donors (Lipinski definition) is 1.